The van der Waals surface area contributed by atoms with Crippen molar-refractivity contribution in [2.24, 2.45) is 0 Å². The Balaban J connectivity index is 2.09. The molecule has 0 atom stereocenters. The Morgan fingerprint density at radius 3 is 2.89 bits per heavy atom. The minimum absolute atomic E-state index is 0.594. The van der Waals surface area contributed by atoms with Crippen LogP contribution in [0.1, 0.15) is 6.92 Å². The highest BCUT2D eigenvalue weighted by molar-refractivity contribution is 6.31. The molecule has 1 saturated heterocycles. The Morgan fingerprint density at radius 2 is 2.22 bits per heavy atom. The van der Waals surface area contributed by atoms with E-state index in [2.05, 4.69) is 34.3 Å². The largest absolute Gasteiger partial charge is 0.366 e. The fourth-order valence-corrected chi connectivity index (χ4v) is 2.64. The van der Waals surface area contributed by atoms with Gasteiger partial charge in [-0.3, -0.25) is 4.98 Å². The van der Waals surface area contributed by atoms with Crippen molar-refractivity contribution in [3.05, 3.63) is 35.5 Å². The molecule has 1 N–H and O–H groups in total. The lowest BCUT2D eigenvalue weighted by atomic mass is 10.1. The van der Waals surface area contributed by atoms with Gasteiger partial charge in [-0.1, -0.05) is 11.6 Å². The molecule has 0 unspecified atom stereocenters. The van der Waals surface area contributed by atoms with Crippen LogP contribution in [0.25, 0.3) is 10.9 Å². The summed E-state index contributed by atoms with van der Waals surface area (Å²) in [6.45, 7) is 5.32. The summed E-state index contributed by atoms with van der Waals surface area (Å²) in [5.41, 5.74) is 2.22. The van der Waals surface area contributed by atoms with Gasteiger partial charge in [0.1, 0.15) is 0 Å². The Kier molecular flexibility index (Phi) is 3.10. The molecule has 0 saturated carbocycles. The number of benzene rings is 1. The van der Waals surface area contributed by atoms with E-state index in [0.29, 0.717) is 6.04 Å². The number of likely N-dealkylation sites (N-methyl/N-ethyl adjacent to an activating group) is 1. The normalized spacial score (nSPS) is 15.7. The van der Waals surface area contributed by atoms with Crippen molar-refractivity contribution >= 4 is 28.2 Å². The Morgan fingerprint density at radius 1 is 1.39 bits per heavy atom. The van der Waals surface area contributed by atoms with Gasteiger partial charge in [-0.2, -0.15) is 0 Å². The second kappa shape index (κ2) is 4.75. The monoisotopic (exact) mass is 261 g/mol. The molecule has 0 aliphatic carbocycles. The topological polar surface area (TPSA) is 28.2 Å². The van der Waals surface area contributed by atoms with Crippen LogP contribution in [-0.2, 0) is 0 Å². The van der Waals surface area contributed by atoms with Crippen LogP contribution in [0.4, 0.5) is 5.69 Å². The predicted octanol–water partition coefficient (Wildman–Crippen LogP) is 2.69. The van der Waals surface area contributed by atoms with E-state index >= 15 is 0 Å². The number of hydrogen-bond donors (Lipinski definition) is 1. The van der Waals surface area contributed by atoms with Crippen molar-refractivity contribution in [2.75, 3.05) is 24.5 Å². The Hall–Kier alpha value is -1.32. The number of anilines is 1. The maximum Gasteiger partial charge on any atom is 0.0737 e. The third-order valence-electron chi connectivity index (χ3n) is 3.53. The van der Waals surface area contributed by atoms with Gasteiger partial charge in [0.15, 0.2) is 0 Å². The van der Waals surface area contributed by atoms with Crippen molar-refractivity contribution in [1.82, 2.24) is 10.3 Å². The second-order valence-electron chi connectivity index (χ2n) is 4.59. The van der Waals surface area contributed by atoms with Crippen LogP contribution < -0.4 is 10.2 Å². The number of nitrogens with zero attached hydrogens (tertiary/aromatic N) is 2. The van der Waals surface area contributed by atoms with Crippen molar-refractivity contribution < 1.29 is 0 Å². The smallest absolute Gasteiger partial charge is 0.0737 e. The number of fused-ring (bicyclic) bond motifs is 1. The van der Waals surface area contributed by atoms with Crippen LogP contribution >= 0.6 is 11.6 Å². The number of nitrogens with one attached hydrogen (secondary N) is 1. The minimum Gasteiger partial charge on any atom is -0.366 e. The predicted molar refractivity (Wildman–Crippen MR) is 76.4 cm³/mol. The average Bonchev–Trinajstić information content (AvgIpc) is 2.32. The summed E-state index contributed by atoms with van der Waals surface area (Å²) in [5.74, 6) is 0. The van der Waals surface area contributed by atoms with Crippen molar-refractivity contribution in [3.8, 4) is 0 Å². The van der Waals surface area contributed by atoms with E-state index in [1.807, 2.05) is 18.3 Å². The van der Waals surface area contributed by atoms with Gasteiger partial charge < -0.3 is 10.2 Å². The lowest BCUT2D eigenvalue weighted by Gasteiger charge is -2.39. The van der Waals surface area contributed by atoms with E-state index in [4.69, 9.17) is 11.6 Å². The van der Waals surface area contributed by atoms with Gasteiger partial charge in [-0.15, -0.1) is 0 Å². The molecule has 4 heteroatoms. The number of pyridine rings is 1. The van der Waals surface area contributed by atoms with Gasteiger partial charge >= 0.3 is 0 Å². The summed E-state index contributed by atoms with van der Waals surface area (Å²) in [5, 5.41) is 5.24. The molecule has 1 aromatic heterocycles. The molecule has 2 aromatic rings. The summed E-state index contributed by atoms with van der Waals surface area (Å²) < 4.78 is 0. The quantitative estimate of drug-likeness (QED) is 0.921. The summed E-state index contributed by atoms with van der Waals surface area (Å²) in [6, 6.07) is 8.61. The molecular formula is C14H16ClN3. The first-order chi connectivity index (χ1) is 8.79. The average molecular weight is 262 g/mol. The van der Waals surface area contributed by atoms with E-state index in [0.717, 1.165) is 30.2 Å². The Bertz CT molecular complexity index is 566. The summed E-state index contributed by atoms with van der Waals surface area (Å²) in [7, 11) is 0. The van der Waals surface area contributed by atoms with Crippen molar-refractivity contribution in [2.45, 2.75) is 13.0 Å². The van der Waals surface area contributed by atoms with Crippen LogP contribution in [0.3, 0.4) is 0 Å². The van der Waals surface area contributed by atoms with Gasteiger partial charge in [-0.05, 0) is 31.2 Å². The molecule has 0 spiro atoms. The molecule has 0 radical (unpaired) electrons. The molecule has 18 heavy (non-hydrogen) atoms. The van der Waals surface area contributed by atoms with Crippen LogP contribution in [0.2, 0.25) is 5.02 Å². The van der Waals surface area contributed by atoms with E-state index in [9.17, 15) is 0 Å². The molecule has 1 aliphatic rings. The molecule has 3 rings (SSSR count). The molecule has 1 fully saturated rings. The summed E-state index contributed by atoms with van der Waals surface area (Å²) in [6.07, 6.45) is 1.86. The van der Waals surface area contributed by atoms with E-state index in [-0.39, 0.29) is 0 Å². The SMILES string of the molecule is CCN(c1ccnc2cc(Cl)ccc12)C1CNC1. The standard InChI is InChI=1S/C14H16ClN3/c1-2-18(11-8-16-9-11)14-5-6-17-13-7-10(15)3-4-12(13)14/h3-7,11,16H,2,8-9H2,1H3. The third-order valence-corrected chi connectivity index (χ3v) is 3.77. The van der Waals surface area contributed by atoms with E-state index in [1.165, 1.54) is 11.1 Å². The van der Waals surface area contributed by atoms with Crippen LogP contribution in [0.5, 0.6) is 0 Å². The summed E-state index contributed by atoms with van der Waals surface area (Å²) in [4.78, 5) is 6.83. The zero-order valence-electron chi connectivity index (χ0n) is 10.4. The fourth-order valence-electron chi connectivity index (χ4n) is 2.48. The molecule has 0 amide bonds. The van der Waals surface area contributed by atoms with E-state index in [1.54, 1.807) is 0 Å². The van der Waals surface area contributed by atoms with Crippen molar-refractivity contribution in [1.29, 1.82) is 0 Å². The molecule has 3 nitrogen and oxygen atoms in total. The van der Waals surface area contributed by atoms with Crippen LogP contribution in [0.15, 0.2) is 30.5 Å². The maximum atomic E-state index is 6.02. The first-order valence-electron chi connectivity index (χ1n) is 6.31. The second-order valence-corrected chi connectivity index (χ2v) is 5.03. The van der Waals surface area contributed by atoms with Gasteiger partial charge in [0.2, 0.25) is 0 Å². The number of rotatable bonds is 3. The van der Waals surface area contributed by atoms with Gasteiger partial charge in [-0.25, -0.2) is 0 Å². The molecule has 94 valence electrons. The highest BCUT2D eigenvalue weighted by Crippen LogP contribution is 2.29. The third kappa shape index (κ3) is 1.93. The molecule has 2 heterocycles. The van der Waals surface area contributed by atoms with E-state index < -0.39 is 0 Å². The van der Waals surface area contributed by atoms with Gasteiger partial charge in [0, 0.05) is 41.9 Å². The zero-order chi connectivity index (χ0) is 12.5. The molecule has 1 aliphatic heterocycles. The number of halogens is 1. The maximum absolute atomic E-state index is 6.02. The number of aromatic nitrogens is 1. The Labute approximate surface area is 112 Å². The molecule has 1 aromatic carbocycles. The van der Waals surface area contributed by atoms with Crippen LogP contribution in [0, 0.1) is 0 Å². The van der Waals surface area contributed by atoms with Crippen molar-refractivity contribution in [3.63, 3.8) is 0 Å². The van der Waals surface area contributed by atoms with Crippen LogP contribution in [-0.4, -0.2) is 30.7 Å². The fraction of sp³-hybridized carbons (Fsp3) is 0.357. The highest BCUT2D eigenvalue weighted by atomic mass is 35.5. The summed E-state index contributed by atoms with van der Waals surface area (Å²) >= 11 is 6.02. The lowest BCUT2D eigenvalue weighted by molar-refractivity contribution is 0.418. The zero-order valence-corrected chi connectivity index (χ0v) is 11.1. The molecule has 0 bridgehead atoms. The lowest BCUT2D eigenvalue weighted by Crippen LogP contribution is -2.57. The van der Waals surface area contributed by atoms with Gasteiger partial charge in [0.25, 0.3) is 0 Å². The highest BCUT2D eigenvalue weighted by Gasteiger charge is 2.24. The molecular weight excluding hydrogens is 246 g/mol. The first kappa shape index (κ1) is 11.8. The van der Waals surface area contributed by atoms with Gasteiger partial charge in [0.05, 0.1) is 11.6 Å². The first-order valence-corrected chi connectivity index (χ1v) is 6.69. The number of hydrogen-bond acceptors (Lipinski definition) is 3. The minimum atomic E-state index is 0.594.